The van der Waals surface area contributed by atoms with Crippen LogP contribution in [-0.4, -0.2) is 64.8 Å². The lowest BCUT2D eigenvalue weighted by molar-refractivity contribution is -0.324. The summed E-state index contributed by atoms with van der Waals surface area (Å²) in [5.41, 5.74) is 0. The van der Waals surface area contributed by atoms with Crippen molar-refractivity contribution in [2.24, 2.45) is 0 Å². The number of halogens is 15. The first kappa shape index (κ1) is 26.4. The smallest absolute Gasteiger partial charge is 0.447 e. The Kier molecular flexibility index (Phi) is 8.19. The van der Waals surface area contributed by atoms with Crippen molar-refractivity contribution >= 4 is 15.1 Å². The summed E-state index contributed by atoms with van der Waals surface area (Å²) >= 11 is -5.95. The standard InChI is InChI=1S/2C3HF6O.C2H2F3O.Al/c2*4-2(5,6)1(10)3(7,8)9;3-2(4,5)1-6;/h2*1H;1H2;/q3*-1;+3. The molecule has 0 saturated heterocycles. The SMILES string of the molecule is FC(F)(F)C[O][Al]([O]C(C(F)(F)F)C(F)(F)F)[O]C(C(F)(F)F)C(F)(F)F. The van der Waals surface area contributed by atoms with Crippen LogP contribution in [-0.2, 0) is 11.4 Å². The Bertz CT molecular complexity index is 398. The average molecular weight is 460 g/mol. The molecule has 19 heteroatoms. The molecule has 0 aromatic heterocycles. The Balaban J connectivity index is 5.74. The van der Waals surface area contributed by atoms with Crippen molar-refractivity contribution in [3.8, 4) is 0 Å². The molecule has 0 aromatic rings. The highest BCUT2D eigenvalue weighted by Gasteiger charge is 2.65. The zero-order valence-corrected chi connectivity index (χ0v) is 13.0. The van der Waals surface area contributed by atoms with Crippen LogP contribution in [0.3, 0.4) is 0 Å². The topological polar surface area (TPSA) is 27.7 Å². The van der Waals surface area contributed by atoms with Gasteiger partial charge in [0.25, 0.3) is 0 Å². The summed E-state index contributed by atoms with van der Waals surface area (Å²) in [5, 5.41) is 0. The highest BCUT2D eigenvalue weighted by Crippen LogP contribution is 2.39. The minimum absolute atomic E-state index is 2.82. The van der Waals surface area contributed by atoms with Gasteiger partial charge in [-0.15, -0.1) is 0 Å². The lowest BCUT2D eigenvalue weighted by Gasteiger charge is -2.29. The molecule has 0 heterocycles. The summed E-state index contributed by atoms with van der Waals surface area (Å²) in [6, 6.07) is 0. The summed E-state index contributed by atoms with van der Waals surface area (Å²) in [5.74, 6) is 0. The monoisotopic (exact) mass is 460 g/mol. The summed E-state index contributed by atoms with van der Waals surface area (Å²) in [6.07, 6.45) is -41.5. The van der Waals surface area contributed by atoms with Crippen molar-refractivity contribution in [1.29, 1.82) is 0 Å². The molecule has 0 aliphatic rings. The number of rotatable bonds is 6. The Morgan fingerprint density at radius 3 is 0.963 bits per heavy atom. The highest BCUT2D eigenvalue weighted by atomic mass is 27.3. The van der Waals surface area contributed by atoms with Gasteiger partial charge in [-0.1, -0.05) is 0 Å². The van der Waals surface area contributed by atoms with Gasteiger partial charge in [0.15, 0.2) is 0 Å². The molecule has 0 rings (SSSR count). The molecule has 0 atom stereocenters. The maximum absolute atomic E-state index is 12.3. The minimum Gasteiger partial charge on any atom is -0.447 e. The number of alkyl halides is 15. The number of hydrogen-bond donors (Lipinski definition) is 0. The second-order valence-electron chi connectivity index (χ2n) is 4.41. The molecule has 27 heavy (non-hydrogen) atoms. The fourth-order valence-corrected chi connectivity index (χ4v) is 2.78. The van der Waals surface area contributed by atoms with E-state index < -0.39 is 64.8 Å². The maximum atomic E-state index is 12.3. The van der Waals surface area contributed by atoms with Gasteiger partial charge in [-0.25, -0.2) is 0 Å². The zero-order chi connectivity index (χ0) is 22.1. The average Bonchev–Trinajstić information content (AvgIpc) is 2.30. The largest absolute Gasteiger partial charge is 0.907 e. The van der Waals surface area contributed by atoms with Crippen LogP contribution < -0.4 is 0 Å². The van der Waals surface area contributed by atoms with Crippen molar-refractivity contribution < 1.29 is 77.2 Å². The third kappa shape index (κ3) is 9.92. The fourth-order valence-electron chi connectivity index (χ4n) is 1.18. The number of hydrogen-bond acceptors (Lipinski definition) is 3. The molecule has 0 fully saturated rings. The van der Waals surface area contributed by atoms with Gasteiger partial charge < -0.3 is 11.4 Å². The van der Waals surface area contributed by atoms with Gasteiger partial charge in [-0.2, -0.15) is 65.9 Å². The quantitative estimate of drug-likeness (QED) is 0.430. The van der Waals surface area contributed by atoms with Crippen LogP contribution in [0.2, 0.25) is 0 Å². The Morgan fingerprint density at radius 1 is 0.519 bits per heavy atom. The van der Waals surface area contributed by atoms with Crippen LogP contribution in [0, 0.1) is 0 Å². The van der Waals surface area contributed by atoms with Crippen LogP contribution in [0.5, 0.6) is 0 Å². The van der Waals surface area contributed by atoms with Gasteiger partial charge in [0.2, 0.25) is 12.2 Å². The molecule has 0 unspecified atom stereocenters. The van der Waals surface area contributed by atoms with Crippen LogP contribution in [0.4, 0.5) is 65.9 Å². The molecule has 0 N–H and O–H groups in total. The molecule has 3 nitrogen and oxygen atoms in total. The zero-order valence-electron chi connectivity index (χ0n) is 11.8. The lowest BCUT2D eigenvalue weighted by Crippen LogP contribution is -2.54. The minimum atomic E-state index is -6.46. The Morgan fingerprint density at radius 2 is 0.778 bits per heavy atom. The van der Waals surface area contributed by atoms with E-state index in [-0.39, 0.29) is 0 Å². The molecule has 0 radical (unpaired) electrons. The van der Waals surface area contributed by atoms with Gasteiger partial charge in [0.05, 0.1) is 0 Å². The van der Waals surface area contributed by atoms with Crippen molar-refractivity contribution in [1.82, 2.24) is 0 Å². The van der Waals surface area contributed by atoms with Crippen molar-refractivity contribution in [3.63, 3.8) is 0 Å². The predicted octanol–water partition coefficient (Wildman–Crippen LogP) is 4.57. The predicted molar refractivity (Wildman–Crippen MR) is 51.7 cm³/mol. The van der Waals surface area contributed by atoms with Gasteiger partial charge in [-0.05, 0) is 0 Å². The van der Waals surface area contributed by atoms with E-state index in [1.54, 1.807) is 0 Å². The first-order chi connectivity index (χ1) is 11.5. The first-order valence-corrected chi connectivity index (χ1v) is 7.22. The van der Waals surface area contributed by atoms with Crippen molar-refractivity contribution in [2.75, 3.05) is 6.61 Å². The molecule has 0 saturated carbocycles. The van der Waals surface area contributed by atoms with E-state index in [0.29, 0.717) is 0 Å². The van der Waals surface area contributed by atoms with E-state index in [2.05, 4.69) is 11.4 Å². The normalized spacial score (nSPS) is 15.0. The van der Waals surface area contributed by atoms with Gasteiger partial charge in [-0.3, -0.25) is 0 Å². The van der Waals surface area contributed by atoms with Gasteiger partial charge in [0.1, 0.15) is 6.61 Å². The molecular weight excluding hydrogens is 456 g/mol. The van der Waals surface area contributed by atoms with Crippen LogP contribution >= 0.6 is 0 Å². The fraction of sp³-hybridized carbons (Fsp3) is 1.00. The molecular formula is C8H4AlF15O3. The highest BCUT2D eigenvalue weighted by molar-refractivity contribution is 6.36. The van der Waals surface area contributed by atoms with Gasteiger partial charge in [0, 0.05) is 0 Å². The van der Waals surface area contributed by atoms with E-state index in [1.807, 2.05) is 0 Å². The summed E-state index contributed by atoms with van der Waals surface area (Å²) in [4.78, 5) is 0. The van der Waals surface area contributed by atoms with E-state index in [0.717, 1.165) is 0 Å². The van der Waals surface area contributed by atoms with E-state index >= 15 is 0 Å². The molecule has 0 bridgehead atoms. The Hall–Kier alpha value is -0.638. The molecule has 162 valence electrons. The van der Waals surface area contributed by atoms with Crippen LogP contribution in [0.15, 0.2) is 0 Å². The molecule has 0 aliphatic carbocycles. The first-order valence-electron chi connectivity index (χ1n) is 5.81. The maximum Gasteiger partial charge on any atom is 0.907 e. The van der Waals surface area contributed by atoms with Crippen LogP contribution in [0.25, 0.3) is 0 Å². The summed E-state index contributed by atoms with van der Waals surface area (Å²) in [7, 11) is 0. The second kappa shape index (κ2) is 8.39. The molecule has 0 amide bonds. The van der Waals surface area contributed by atoms with Crippen LogP contribution in [0.1, 0.15) is 0 Å². The van der Waals surface area contributed by atoms with Crippen molar-refractivity contribution in [3.05, 3.63) is 0 Å². The molecule has 0 spiro atoms. The Labute approximate surface area is 143 Å². The molecule has 0 aromatic carbocycles. The summed E-state index contributed by atoms with van der Waals surface area (Å²) in [6.45, 7) is -2.82. The van der Waals surface area contributed by atoms with E-state index in [1.165, 1.54) is 0 Å². The van der Waals surface area contributed by atoms with E-state index in [9.17, 15) is 65.9 Å². The van der Waals surface area contributed by atoms with E-state index in [4.69, 9.17) is 0 Å². The summed E-state index contributed by atoms with van der Waals surface area (Å²) < 4.78 is 192. The van der Waals surface area contributed by atoms with Gasteiger partial charge >= 0.3 is 46.0 Å². The second-order valence-corrected chi connectivity index (χ2v) is 5.87. The molecule has 0 aliphatic heterocycles. The third-order valence-electron chi connectivity index (χ3n) is 2.07. The van der Waals surface area contributed by atoms with Crippen molar-refractivity contribution in [2.45, 2.75) is 43.1 Å². The lowest BCUT2D eigenvalue weighted by atomic mass is 10.3. The third-order valence-corrected chi connectivity index (χ3v) is 3.49.